The molecule has 2 N–H and O–H groups in total. The fourth-order valence-electron chi connectivity index (χ4n) is 1.80. The van der Waals surface area contributed by atoms with Crippen LogP contribution in [0.3, 0.4) is 0 Å². The Morgan fingerprint density at radius 3 is 2.33 bits per heavy atom. The van der Waals surface area contributed by atoms with E-state index in [0.29, 0.717) is 16.9 Å². The predicted molar refractivity (Wildman–Crippen MR) is 84.0 cm³/mol. The molecule has 0 saturated carbocycles. The minimum Gasteiger partial charge on any atom is -0.322 e. The first-order valence-corrected chi connectivity index (χ1v) is 8.19. The van der Waals surface area contributed by atoms with Crippen LogP contribution in [-0.4, -0.2) is 20.6 Å². The summed E-state index contributed by atoms with van der Waals surface area (Å²) in [6.45, 7) is 1.77. The van der Waals surface area contributed by atoms with Crippen LogP contribution in [0, 0.1) is 6.92 Å². The number of rotatable bonds is 4. The molecule has 2 aromatic carbocycles. The van der Waals surface area contributed by atoms with Crippen LogP contribution < -0.4 is 10.0 Å². The van der Waals surface area contributed by atoms with E-state index in [2.05, 4.69) is 10.0 Å². The minimum absolute atomic E-state index is 0.294. The van der Waals surface area contributed by atoms with Gasteiger partial charge in [-0.05, 0) is 36.8 Å². The molecule has 0 atom stereocenters. The molecule has 0 aromatic heterocycles. The van der Waals surface area contributed by atoms with Crippen molar-refractivity contribution in [3.63, 3.8) is 0 Å². The second kappa shape index (κ2) is 5.97. The first-order chi connectivity index (χ1) is 9.85. The summed E-state index contributed by atoms with van der Waals surface area (Å²) in [5, 5.41) is 2.75. The van der Waals surface area contributed by atoms with Crippen LogP contribution in [0.15, 0.2) is 48.5 Å². The smallest absolute Gasteiger partial charge is 0.255 e. The van der Waals surface area contributed by atoms with Gasteiger partial charge in [-0.2, -0.15) is 0 Å². The van der Waals surface area contributed by atoms with Gasteiger partial charge in [0.25, 0.3) is 5.91 Å². The summed E-state index contributed by atoms with van der Waals surface area (Å²) in [6, 6.07) is 13.9. The van der Waals surface area contributed by atoms with Crippen LogP contribution in [0.25, 0.3) is 0 Å². The van der Waals surface area contributed by atoms with Crippen molar-refractivity contribution in [2.75, 3.05) is 16.3 Å². The van der Waals surface area contributed by atoms with Gasteiger partial charge in [-0.15, -0.1) is 0 Å². The van der Waals surface area contributed by atoms with Crippen LogP contribution in [0.2, 0.25) is 0 Å². The van der Waals surface area contributed by atoms with E-state index in [1.54, 1.807) is 31.2 Å². The molecule has 0 aliphatic heterocycles. The predicted octanol–water partition coefficient (Wildman–Crippen LogP) is 2.62. The normalized spacial score (nSPS) is 11.0. The highest BCUT2D eigenvalue weighted by Crippen LogP contribution is 2.19. The SMILES string of the molecule is Cc1ccc(C(=O)Nc2ccccc2)cc1NS(C)(=O)=O. The number of anilines is 2. The number of carbonyl (C=O) groups excluding carboxylic acids is 1. The molecule has 6 heteroatoms. The fraction of sp³-hybridized carbons (Fsp3) is 0.133. The summed E-state index contributed by atoms with van der Waals surface area (Å²) in [5.41, 5.74) is 2.21. The number of hydrogen-bond donors (Lipinski definition) is 2. The van der Waals surface area contributed by atoms with E-state index in [1.807, 2.05) is 18.2 Å². The number of carbonyl (C=O) groups is 1. The van der Waals surface area contributed by atoms with E-state index in [1.165, 1.54) is 6.07 Å². The molecule has 0 aliphatic carbocycles. The Labute approximate surface area is 124 Å². The molecule has 0 bridgehead atoms. The first kappa shape index (κ1) is 15.1. The standard InChI is InChI=1S/C15H16N2O3S/c1-11-8-9-12(10-14(11)17-21(2,19)20)15(18)16-13-6-4-3-5-7-13/h3-10,17H,1-2H3,(H,16,18). The van der Waals surface area contributed by atoms with Gasteiger partial charge in [-0.3, -0.25) is 9.52 Å². The van der Waals surface area contributed by atoms with Crippen molar-refractivity contribution >= 4 is 27.3 Å². The number of sulfonamides is 1. The molecule has 21 heavy (non-hydrogen) atoms. The quantitative estimate of drug-likeness (QED) is 0.911. The lowest BCUT2D eigenvalue weighted by atomic mass is 10.1. The lowest BCUT2D eigenvalue weighted by molar-refractivity contribution is 0.102. The summed E-state index contributed by atoms with van der Waals surface area (Å²) >= 11 is 0. The van der Waals surface area contributed by atoms with Crippen molar-refractivity contribution in [3.05, 3.63) is 59.7 Å². The number of hydrogen-bond acceptors (Lipinski definition) is 3. The number of nitrogens with one attached hydrogen (secondary N) is 2. The Kier molecular flexibility index (Phi) is 4.28. The third kappa shape index (κ3) is 4.32. The molecule has 2 rings (SSSR count). The highest BCUT2D eigenvalue weighted by atomic mass is 32.2. The summed E-state index contributed by atoms with van der Waals surface area (Å²) in [4.78, 5) is 12.2. The maximum Gasteiger partial charge on any atom is 0.255 e. The van der Waals surface area contributed by atoms with Crippen LogP contribution in [0.4, 0.5) is 11.4 Å². The summed E-state index contributed by atoms with van der Waals surface area (Å²) in [6.07, 6.45) is 1.07. The Bertz CT molecular complexity index is 756. The molecule has 0 spiro atoms. The van der Waals surface area contributed by atoms with E-state index < -0.39 is 10.0 Å². The number of para-hydroxylation sites is 1. The third-order valence-electron chi connectivity index (χ3n) is 2.83. The molecular formula is C15H16N2O3S. The van der Waals surface area contributed by atoms with Gasteiger partial charge in [-0.25, -0.2) is 8.42 Å². The van der Waals surface area contributed by atoms with Crippen molar-refractivity contribution in [2.45, 2.75) is 6.92 Å². The van der Waals surface area contributed by atoms with E-state index in [9.17, 15) is 13.2 Å². The van der Waals surface area contributed by atoms with Gasteiger partial charge in [0.1, 0.15) is 0 Å². The maximum atomic E-state index is 12.2. The number of benzene rings is 2. The molecule has 0 aliphatic rings. The molecule has 2 aromatic rings. The van der Waals surface area contributed by atoms with Gasteiger partial charge in [0.15, 0.2) is 0 Å². The third-order valence-corrected chi connectivity index (χ3v) is 3.42. The van der Waals surface area contributed by atoms with Crippen LogP contribution in [0.5, 0.6) is 0 Å². The molecule has 1 amide bonds. The molecule has 110 valence electrons. The zero-order chi connectivity index (χ0) is 15.5. The van der Waals surface area contributed by atoms with E-state index in [-0.39, 0.29) is 5.91 Å². The summed E-state index contributed by atoms with van der Waals surface area (Å²) < 4.78 is 25.0. The molecule has 0 heterocycles. The van der Waals surface area contributed by atoms with Crippen LogP contribution >= 0.6 is 0 Å². The van der Waals surface area contributed by atoms with Crippen LogP contribution in [-0.2, 0) is 10.0 Å². The van der Waals surface area contributed by atoms with E-state index in [0.717, 1.165) is 11.8 Å². The first-order valence-electron chi connectivity index (χ1n) is 6.30. The Balaban J connectivity index is 2.24. The van der Waals surface area contributed by atoms with Crippen molar-refractivity contribution < 1.29 is 13.2 Å². The lowest BCUT2D eigenvalue weighted by Crippen LogP contribution is -2.14. The highest BCUT2D eigenvalue weighted by Gasteiger charge is 2.10. The van der Waals surface area contributed by atoms with Gasteiger partial charge in [-0.1, -0.05) is 24.3 Å². The number of amides is 1. The largest absolute Gasteiger partial charge is 0.322 e. The average Bonchev–Trinajstić information content (AvgIpc) is 2.41. The second-order valence-electron chi connectivity index (χ2n) is 4.72. The minimum atomic E-state index is -3.38. The summed E-state index contributed by atoms with van der Waals surface area (Å²) in [5.74, 6) is -0.294. The van der Waals surface area contributed by atoms with E-state index >= 15 is 0 Å². The molecule has 0 unspecified atom stereocenters. The summed E-state index contributed by atoms with van der Waals surface area (Å²) in [7, 11) is -3.38. The highest BCUT2D eigenvalue weighted by molar-refractivity contribution is 7.92. The topological polar surface area (TPSA) is 75.3 Å². The van der Waals surface area contributed by atoms with Gasteiger partial charge in [0.05, 0.1) is 11.9 Å². The molecule has 5 nitrogen and oxygen atoms in total. The van der Waals surface area contributed by atoms with Crippen molar-refractivity contribution in [3.8, 4) is 0 Å². The van der Waals surface area contributed by atoms with Crippen molar-refractivity contribution in [1.82, 2.24) is 0 Å². The molecular weight excluding hydrogens is 288 g/mol. The fourth-order valence-corrected chi connectivity index (χ4v) is 2.42. The average molecular weight is 304 g/mol. The number of aryl methyl sites for hydroxylation is 1. The zero-order valence-corrected chi connectivity index (χ0v) is 12.6. The van der Waals surface area contributed by atoms with Crippen molar-refractivity contribution in [1.29, 1.82) is 0 Å². The monoisotopic (exact) mass is 304 g/mol. The zero-order valence-electron chi connectivity index (χ0n) is 11.8. The molecule has 0 radical (unpaired) electrons. The van der Waals surface area contributed by atoms with Gasteiger partial charge in [0, 0.05) is 11.3 Å². The van der Waals surface area contributed by atoms with Gasteiger partial charge >= 0.3 is 0 Å². The Hall–Kier alpha value is -2.34. The van der Waals surface area contributed by atoms with Gasteiger partial charge < -0.3 is 5.32 Å². The van der Waals surface area contributed by atoms with Crippen LogP contribution in [0.1, 0.15) is 15.9 Å². The molecule has 0 saturated heterocycles. The van der Waals surface area contributed by atoms with E-state index in [4.69, 9.17) is 0 Å². The molecule has 0 fully saturated rings. The second-order valence-corrected chi connectivity index (χ2v) is 6.47. The Morgan fingerprint density at radius 2 is 1.71 bits per heavy atom. The Morgan fingerprint density at radius 1 is 1.05 bits per heavy atom. The maximum absolute atomic E-state index is 12.2. The van der Waals surface area contributed by atoms with Gasteiger partial charge in [0.2, 0.25) is 10.0 Å². The lowest BCUT2D eigenvalue weighted by Gasteiger charge is -2.10. The van der Waals surface area contributed by atoms with Crippen molar-refractivity contribution in [2.24, 2.45) is 0 Å².